The highest BCUT2D eigenvalue weighted by molar-refractivity contribution is 7.92. The van der Waals surface area contributed by atoms with Crippen LogP contribution >= 0.6 is 0 Å². The molecule has 0 aromatic rings. The minimum absolute atomic E-state index is 0. The van der Waals surface area contributed by atoms with Crippen molar-refractivity contribution in [3.8, 4) is 0 Å². The third-order valence-electron chi connectivity index (χ3n) is 5.02. The van der Waals surface area contributed by atoms with Crippen molar-refractivity contribution in [2.24, 2.45) is 0 Å². The molecule has 0 bridgehead atoms. The second-order valence-electron chi connectivity index (χ2n) is 12.8. The first-order valence-corrected chi connectivity index (χ1v) is 17.2. The maximum atomic E-state index is 11.7. The fraction of sp³-hybridized carbons (Fsp3) is 0.833. The molecule has 0 saturated carbocycles. The zero-order valence-electron chi connectivity index (χ0n) is 24.4. The van der Waals surface area contributed by atoms with Gasteiger partial charge < -0.3 is 21.7 Å². The molecular formula is C24H50N3O7S3-. The van der Waals surface area contributed by atoms with E-state index in [0.717, 1.165) is 5.06 Å². The van der Waals surface area contributed by atoms with Gasteiger partial charge in [-0.05, 0) is 69.2 Å². The summed E-state index contributed by atoms with van der Waals surface area (Å²) < 4.78 is 68.1. The molecule has 2 saturated heterocycles. The summed E-state index contributed by atoms with van der Waals surface area (Å²) in [6.45, 7) is 24.8. The van der Waals surface area contributed by atoms with Crippen molar-refractivity contribution in [2.75, 3.05) is 34.5 Å². The summed E-state index contributed by atoms with van der Waals surface area (Å²) in [5.74, 6) is 0.520. The van der Waals surface area contributed by atoms with Crippen molar-refractivity contribution in [3.05, 3.63) is 29.5 Å². The van der Waals surface area contributed by atoms with Gasteiger partial charge in [0.05, 0.1) is 34.5 Å². The van der Waals surface area contributed by atoms with Gasteiger partial charge in [0.1, 0.15) is 0 Å². The van der Waals surface area contributed by atoms with Gasteiger partial charge in [0, 0.05) is 22.2 Å². The SMILES string of the molecule is C=C(C)CS(=O)(=O)CC(=C)C.CC1(C)CS(=O)(=O)CC(C)(C)N1.CC1(C)CS(=O)(=O)CC(C)(C)N1[O-].N. The smallest absolute Gasteiger partial charge is 0.157 e. The highest BCUT2D eigenvalue weighted by Gasteiger charge is 2.43. The van der Waals surface area contributed by atoms with Gasteiger partial charge in [-0.2, -0.15) is 0 Å². The lowest BCUT2D eigenvalue weighted by atomic mass is 9.99. The topological polar surface area (TPSA) is 176 Å². The molecule has 0 aromatic heterocycles. The molecule has 2 fully saturated rings. The van der Waals surface area contributed by atoms with E-state index in [1.54, 1.807) is 41.5 Å². The number of sulfone groups is 3. The van der Waals surface area contributed by atoms with Crippen LogP contribution in [0.5, 0.6) is 0 Å². The molecule has 0 amide bonds. The number of rotatable bonds is 4. The molecule has 0 radical (unpaired) electrons. The molecule has 4 N–H and O–H groups in total. The van der Waals surface area contributed by atoms with Crippen LogP contribution in [0.3, 0.4) is 0 Å². The average Bonchev–Trinajstić information content (AvgIpc) is 2.43. The van der Waals surface area contributed by atoms with E-state index in [9.17, 15) is 30.5 Å². The van der Waals surface area contributed by atoms with Crippen molar-refractivity contribution in [3.63, 3.8) is 0 Å². The summed E-state index contributed by atoms with van der Waals surface area (Å²) in [4.78, 5) is 0. The maximum Gasteiger partial charge on any atom is 0.157 e. The molecule has 0 atom stereocenters. The Morgan fingerprint density at radius 2 is 1.03 bits per heavy atom. The summed E-state index contributed by atoms with van der Waals surface area (Å²) in [5, 5.41) is 15.9. The Morgan fingerprint density at radius 3 is 1.27 bits per heavy atom. The number of hydroxylamine groups is 2. The standard InChI is InChI=1S/C8H16NO3S.C8H17NO2S.C8H14O2S.H3N/c1-7(2)5-13(11,12)6-8(3,4)9(7)10;1-7(2)5-12(10,11)6-8(3,4)9-7;1-7(2)5-11(9,10)6-8(3)4;/h5-6H2,1-4H3;9H,5-6H2,1-4H3;1,3,5-6H2,2,4H3;1H3/q-1;;;. The molecule has 2 heterocycles. The zero-order chi connectivity index (χ0) is 29.2. The lowest BCUT2D eigenvalue weighted by molar-refractivity contribution is 0.0902. The van der Waals surface area contributed by atoms with Crippen LogP contribution in [0.25, 0.3) is 0 Å². The van der Waals surface area contributed by atoms with E-state index in [1.807, 2.05) is 27.7 Å². The van der Waals surface area contributed by atoms with Crippen LogP contribution in [0.1, 0.15) is 69.2 Å². The van der Waals surface area contributed by atoms with Gasteiger partial charge >= 0.3 is 0 Å². The maximum absolute atomic E-state index is 11.7. The monoisotopic (exact) mass is 588 g/mol. The van der Waals surface area contributed by atoms with E-state index in [-0.39, 0.29) is 51.7 Å². The van der Waals surface area contributed by atoms with Crippen molar-refractivity contribution < 1.29 is 25.3 Å². The molecule has 0 aliphatic carbocycles. The van der Waals surface area contributed by atoms with E-state index in [2.05, 4.69) is 18.5 Å². The van der Waals surface area contributed by atoms with Crippen molar-refractivity contribution in [2.45, 2.75) is 91.4 Å². The first-order valence-electron chi connectivity index (χ1n) is 11.7. The first-order chi connectivity index (χ1) is 15.5. The molecule has 2 rings (SSSR count). The van der Waals surface area contributed by atoms with Gasteiger partial charge in [0.25, 0.3) is 0 Å². The largest absolute Gasteiger partial charge is 0.784 e. The third-order valence-corrected chi connectivity index (χ3v) is 11.5. The van der Waals surface area contributed by atoms with Crippen LogP contribution in [0.4, 0.5) is 0 Å². The molecular weight excluding hydrogens is 538 g/mol. The predicted molar refractivity (Wildman–Crippen MR) is 155 cm³/mol. The number of hydrogen-bond acceptors (Lipinski definition) is 10. The molecule has 13 heteroatoms. The highest BCUT2D eigenvalue weighted by atomic mass is 32.2. The predicted octanol–water partition coefficient (Wildman–Crippen LogP) is 3.05. The van der Waals surface area contributed by atoms with Crippen LogP contribution in [0, 0.1) is 5.21 Å². The summed E-state index contributed by atoms with van der Waals surface area (Å²) in [5.41, 5.74) is -0.847. The van der Waals surface area contributed by atoms with Crippen molar-refractivity contribution in [1.82, 2.24) is 16.5 Å². The van der Waals surface area contributed by atoms with Crippen molar-refractivity contribution in [1.29, 1.82) is 0 Å². The minimum Gasteiger partial charge on any atom is -0.784 e. The Bertz CT molecular complexity index is 1070. The summed E-state index contributed by atoms with van der Waals surface area (Å²) in [6, 6.07) is 0. The van der Waals surface area contributed by atoms with E-state index < -0.39 is 40.6 Å². The second-order valence-corrected chi connectivity index (χ2v) is 19.0. The Hall–Kier alpha value is -0.830. The van der Waals surface area contributed by atoms with Gasteiger partial charge in [0.15, 0.2) is 29.5 Å². The molecule has 2 aliphatic heterocycles. The average molecular weight is 589 g/mol. The van der Waals surface area contributed by atoms with Gasteiger partial charge in [0.2, 0.25) is 0 Å². The Balaban J connectivity index is 0. The van der Waals surface area contributed by atoms with Crippen LogP contribution in [-0.2, 0) is 29.5 Å². The van der Waals surface area contributed by atoms with E-state index in [4.69, 9.17) is 0 Å². The number of nitrogens with one attached hydrogen (secondary N) is 1. The lowest BCUT2D eigenvalue weighted by Gasteiger charge is -2.57. The normalized spacial score (nSPS) is 24.5. The first kappa shape index (κ1) is 38.3. The van der Waals surface area contributed by atoms with Crippen molar-refractivity contribution >= 4 is 29.5 Å². The number of nitrogens with zero attached hydrogens (tertiary/aromatic N) is 1. The summed E-state index contributed by atoms with van der Waals surface area (Å²) in [7, 11) is -8.91. The molecule has 222 valence electrons. The van der Waals surface area contributed by atoms with Crippen LogP contribution in [0.15, 0.2) is 24.3 Å². The third kappa shape index (κ3) is 14.8. The highest BCUT2D eigenvalue weighted by Crippen LogP contribution is 2.32. The van der Waals surface area contributed by atoms with E-state index in [1.165, 1.54) is 0 Å². The summed E-state index contributed by atoms with van der Waals surface area (Å²) in [6.07, 6.45) is 0. The molecule has 0 spiro atoms. The van der Waals surface area contributed by atoms with E-state index >= 15 is 0 Å². The fourth-order valence-electron chi connectivity index (χ4n) is 5.00. The quantitative estimate of drug-likeness (QED) is 0.464. The molecule has 10 nitrogen and oxygen atoms in total. The lowest BCUT2D eigenvalue weighted by Crippen LogP contribution is -2.63. The van der Waals surface area contributed by atoms with Crippen LogP contribution < -0.4 is 11.5 Å². The van der Waals surface area contributed by atoms with Crippen LogP contribution in [0.2, 0.25) is 0 Å². The fourth-order valence-corrected chi connectivity index (χ4v) is 11.5. The van der Waals surface area contributed by atoms with Gasteiger partial charge in [-0.15, -0.1) is 0 Å². The molecule has 37 heavy (non-hydrogen) atoms. The Kier molecular flexibility index (Phi) is 13.0. The molecule has 0 unspecified atom stereocenters. The molecule has 0 aromatic carbocycles. The van der Waals surface area contributed by atoms with Gasteiger partial charge in [-0.3, -0.25) is 0 Å². The zero-order valence-corrected chi connectivity index (χ0v) is 26.8. The molecule has 2 aliphatic rings. The Labute approximate surface area is 226 Å². The van der Waals surface area contributed by atoms with Gasteiger partial charge in [-0.25, -0.2) is 25.3 Å². The second kappa shape index (κ2) is 12.6. The van der Waals surface area contributed by atoms with E-state index in [0.29, 0.717) is 11.1 Å². The number of hydrogen-bond donors (Lipinski definition) is 2. The summed E-state index contributed by atoms with van der Waals surface area (Å²) >= 11 is 0. The van der Waals surface area contributed by atoms with Crippen LogP contribution in [-0.4, -0.2) is 87.0 Å². The minimum atomic E-state index is -3.07. The Morgan fingerprint density at radius 1 is 0.757 bits per heavy atom. The van der Waals surface area contributed by atoms with Gasteiger partial charge in [-0.1, -0.05) is 24.3 Å².